The van der Waals surface area contributed by atoms with Crippen LogP contribution in [-0.4, -0.2) is 37.6 Å². The van der Waals surface area contributed by atoms with E-state index in [0.717, 1.165) is 24.1 Å². The molecule has 3 rings (SSSR count). The van der Waals surface area contributed by atoms with E-state index < -0.39 is 5.91 Å². The number of nitrogens with zero attached hydrogens (tertiary/aromatic N) is 2. The fourth-order valence-corrected chi connectivity index (χ4v) is 3.21. The van der Waals surface area contributed by atoms with Gasteiger partial charge in [-0.25, -0.2) is 0 Å². The number of amides is 2. The number of carbonyl (C=O) groups is 2. The van der Waals surface area contributed by atoms with Crippen molar-refractivity contribution in [2.75, 3.05) is 25.7 Å². The molecular weight excluding hydrogens is 334 g/mol. The molecule has 0 atom stereocenters. The highest BCUT2D eigenvalue weighted by Crippen LogP contribution is 2.38. The lowest BCUT2D eigenvalue weighted by Gasteiger charge is -2.30. The number of ether oxygens (including phenoxy) is 2. The van der Waals surface area contributed by atoms with Crippen LogP contribution in [0.2, 0.25) is 0 Å². The third-order valence-corrected chi connectivity index (χ3v) is 4.55. The monoisotopic (exact) mass is 355 g/mol. The molecule has 0 spiro atoms. The molecule has 2 N–H and O–H groups in total. The van der Waals surface area contributed by atoms with E-state index in [1.807, 2.05) is 12.1 Å². The van der Waals surface area contributed by atoms with E-state index in [0.29, 0.717) is 29.2 Å². The van der Waals surface area contributed by atoms with Crippen LogP contribution in [0, 0.1) is 6.92 Å². The van der Waals surface area contributed by atoms with Gasteiger partial charge in [-0.3, -0.25) is 14.6 Å². The Morgan fingerprint density at radius 1 is 1.19 bits per heavy atom. The molecule has 7 heteroatoms. The van der Waals surface area contributed by atoms with Gasteiger partial charge in [-0.05, 0) is 31.4 Å². The van der Waals surface area contributed by atoms with E-state index in [2.05, 4.69) is 4.98 Å². The standard InChI is InChI=1S/C19H21N3O4/c1-11-7-15(21-10-14(11)18(20)23)19(24)22-6-4-5-13-16(22)8-12(25-2)9-17(13)26-3/h7-10H,4-6H2,1-3H3,(H2,20,23). The van der Waals surface area contributed by atoms with Crippen molar-refractivity contribution in [2.24, 2.45) is 5.73 Å². The first kappa shape index (κ1) is 17.7. The minimum atomic E-state index is -0.563. The van der Waals surface area contributed by atoms with E-state index >= 15 is 0 Å². The van der Waals surface area contributed by atoms with Crippen LogP contribution in [0.5, 0.6) is 11.5 Å². The maximum atomic E-state index is 13.1. The lowest BCUT2D eigenvalue weighted by Crippen LogP contribution is -2.36. The molecule has 26 heavy (non-hydrogen) atoms. The van der Waals surface area contributed by atoms with Gasteiger partial charge in [0, 0.05) is 30.4 Å². The molecule has 0 saturated carbocycles. The van der Waals surface area contributed by atoms with Gasteiger partial charge in [0.2, 0.25) is 0 Å². The highest BCUT2D eigenvalue weighted by molar-refractivity contribution is 6.06. The van der Waals surface area contributed by atoms with Crippen LogP contribution in [0.15, 0.2) is 24.4 Å². The van der Waals surface area contributed by atoms with Gasteiger partial charge in [0.15, 0.2) is 0 Å². The molecule has 1 aliphatic rings. The Bertz CT molecular complexity index is 879. The molecule has 0 radical (unpaired) electrons. The molecule has 1 aliphatic heterocycles. The Balaban J connectivity index is 2.03. The molecule has 0 aliphatic carbocycles. The fourth-order valence-electron chi connectivity index (χ4n) is 3.21. The number of carbonyl (C=O) groups excluding carboxylic acids is 2. The van der Waals surface area contributed by atoms with E-state index in [4.69, 9.17) is 15.2 Å². The summed E-state index contributed by atoms with van der Waals surface area (Å²) in [6.45, 7) is 2.30. The van der Waals surface area contributed by atoms with Crippen LogP contribution in [-0.2, 0) is 6.42 Å². The number of hydrogen-bond donors (Lipinski definition) is 1. The zero-order chi connectivity index (χ0) is 18.8. The van der Waals surface area contributed by atoms with Crippen LogP contribution >= 0.6 is 0 Å². The minimum absolute atomic E-state index is 0.236. The molecule has 1 aromatic carbocycles. The fraction of sp³-hybridized carbons (Fsp3) is 0.316. The number of nitrogens with two attached hydrogens (primary N) is 1. The molecule has 2 aromatic rings. The van der Waals surface area contributed by atoms with Crippen molar-refractivity contribution in [2.45, 2.75) is 19.8 Å². The third-order valence-electron chi connectivity index (χ3n) is 4.55. The second kappa shape index (κ2) is 7.03. The molecule has 2 heterocycles. The van der Waals surface area contributed by atoms with Crippen molar-refractivity contribution < 1.29 is 19.1 Å². The molecule has 0 bridgehead atoms. The van der Waals surface area contributed by atoms with E-state index in [1.165, 1.54) is 6.20 Å². The Morgan fingerprint density at radius 3 is 2.58 bits per heavy atom. The number of benzene rings is 1. The number of pyridine rings is 1. The SMILES string of the molecule is COc1cc(OC)c2c(c1)N(C(=O)c1cc(C)c(C(N)=O)cn1)CCC2. The first-order valence-electron chi connectivity index (χ1n) is 8.29. The van der Waals surface area contributed by atoms with Crippen LogP contribution in [0.3, 0.4) is 0 Å². The Kier molecular flexibility index (Phi) is 4.79. The predicted molar refractivity (Wildman–Crippen MR) is 97.0 cm³/mol. The topological polar surface area (TPSA) is 94.8 Å². The summed E-state index contributed by atoms with van der Waals surface area (Å²) in [5.74, 6) is 0.519. The van der Waals surface area contributed by atoms with Crippen LogP contribution in [0.4, 0.5) is 5.69 Å². The second-order valence-electron chi connectivity index (χ2n) is 6.14. The summed E-state index contributed by atoms with van der Waals surface area (Å²) in [6.07, 6.45) is 2.99. The lowest BCUT2D eigenvalue weighted by atomic mass is 9.99. The summed E-state index contributed by atoms with van der Waals surface area (Å²) in [5.41, 5.74) is 8.24. The Labute approximate surface area is 151 Å². The highest BCUT2D eigenvalue weighted by atomic mass is 16.5. The molecule has 2 amide bonds. The van der Waals surface area contributed by atoms with Crippen molar-refractivity contribution in [3.63, 3.8) is 0 Å². The first-order chi connectivity index (χ1) is 12.5. The lowest BCUT2D eigenvalue weighted by molar-refractivity contribution is 0.0973. The molecular formula is C19H21N3O4. The van der Waals surface area contributed by atoms with Crippen molar-refractivity contribution in [3.05, 3.63) is 46.8 Å². The summed E-state index contributed by atoms with van der Waals surface area (Å²) in [7, 11) is 3.17. The minimum Gasteiger partial charge on any atom is -0.497 e. The number of primary amides is 1. The number of aromatic nitrogens is 1. The predicted octanol–water partition coefficient (Wildman–Crippen LogP) is 2.10. The van der Waals surface area contributed by atoms with Gasteiger partial charge in [-0.15, -0.1) is 0 Å². The van der Waals surface area contributed by atoms with Crippen molar-refractivity contribution in [3.8, 4) is 11.5 Å². The average Bonchev–Trinajstić information content (AvgIpc) is 2.65. The van der Waals surface area contributed by atoms with Gasteiger partial charge >= 0.3 is 0 Å². The first-order valence-corrected chi connectivity index (χ1v) is 8.29. The molecule has 0 unspecified atom stereocenters. The number of hydrogen-bond acceptors (Lipinski definition) is 5. The van der Waals surface area contributed by atoms with Crippen LogP contribution in [0.1, 0.15) is 38.4 Å². The van der Waals surface area contributed by atoms with Gasteiger partial charge < -0.3 is 20.1 Å². The summed E-state index contributed by atoms with van der Waals surface area (Å²) in [6, 6.07) is 5.24. The highest BCUT2D eigenvalue weighted by Gasteiger charge is 2.28. The smallest absolute Gasteiger partial charge is 0.276 e. The van der Waals surface area contributed by atoms with Gasteiger partial charge in [-0.1, -0.05) is 0 Å². The molecule has 0 saturated heterocycles. The second-order valence-corrected chi connectivity index (χ2v) is 6.14. The van der Waals surface area contributed by atoms with E-state index in [9.17, 15) is 9.59 Å². The number of aryl methyl sites for hydroxylation is 1. The molecule has 7 nitrogen and oxygen atoms in total. The van der Waals surface area contributed by atoms with Gasteiger partial charge in [0.1, 0.15) is 17.2 Å². The van der Waals surface area contributed by atoms with Crippen molar-refractivity contribution >= 4 is 17.5 Å². The number of rotatable bonds is 4. The third kappa shape index (κ3) is 3.08. The number of anilines is 1. The van der Waals surface area contributed by atoms with Gasteiger partial charge in [-0.2, -0.15) is 0 Å². The van der Waals surface area contributed by atoms with Crippen LogP contribution in [0.25, 0.3) is 0 Å². The zero-order valence-corrected chi connectivity index (χ0v) is 15.0. The quantitative estimate of drug-likeness (QED) is 0.906. The zero-order valence-electron chi connectivity index (χ0n) is 15.0. The van der Waals surface area contributed by atoms with Gasteiger partial charge in [0.25, 0.3) is 11.8 Å². The largest absolute Gasteiger partial charge is 0.497 e. The van der Waals surface area contributed by atoms with Gasteiger partial charge in [0.05, 0.1) is 25.5 Å². The van der Waals surface area contributed by atoms with Crippen LogP contribution < -0.4 is 20.1 Å². The summed E-state index contributed by atoms with van der Waals surface area (Å²) in [4.78, 5) is 30.2. The van der Waals surface area contributed by atoms with E-state index in [1.54, 1.807) is 32.1 Å². The molecule has 0 fully saturated rings. The number of methoxy groups -OCH3 is 2. The normalized spacial score (nSPS) is 13.1. The number of fused-ring (bicyclic) bond motifs is 1. The van der Waals surface area contributed by atoms with E-state index in [-0.39, 0.29) is 11.6 Å². The molecule has 136 valence electrons. The van der Waals surface area contributed by atoms with Crippen molar-refractivity contribution in [1.29, 1.82) is 0 Å². The maximum absolute atomic E-state index is 13.1. The summed E-state index contributed by atoms with van der Waals surface area (Å²) in [5, 5.41) is 0. The summed E-state index contributed by atoms with van der Waals surface area (Å²) < 4.78 is 10.8. The average molecular weight is 355 g/mol. The Morgan fingerprint density at radius 2 is 1.96 bits per heavy atom. The molecule has 1 aromatic heterocycles. The maximum Gasteiger partial charge on any atom is 0.276 e. The Hall–Kier alpha value is -3.09. The summed E-state index contributed by atoms with van der Waals surface area (Å²) >= 11 is 0. The van der Waals surface area contributed by atoms with Crippen molar-refractivity contribution in [1.82, 2.24) is 4.98 Å².